The molecule has 0 fully saturated rings. The molecule has 0 saturated carbocycles. The number of hydrogen-bond acceptors (Lipinski definition) is 4. The third-order valence-electron chi connectivity index (χ3n) is 14.6. The Bertz CT molecular complexity index is 2240. The topological polar surface area (TPSA) is 93.1 Å². The Morgan fingerprint density at radius 1 is 0.423 bits per heavy atom. The van der Waals surface area contributed by atoms with Crippen LogP contribution in [-0.4, -0.2) is 35.4 Å². The van der Waals surface area contributed by atoms with Crippen molar-refractivity contribution in [1.82, 2.24) is 0 Å². The first-order chi connectivity index (χ1) is 25.4. The molecular formula is C46H34O6. The van der Waals surface area contributed by atoms with Crippen molar-refractivity contribution in [3.8, 4) is 11.5 Å². The highest BCUT2D eigenvalue weighted by Crippen LogP contribution is 2.71. The molecule has 13 rings (SSSR count). The predicted molar refractivity (Wildman–Crippen MR) is 192 cm³/mol. The van der Waals surface area contributed by atoms with E-state index in [1.165, 1.54) is 66.8 Å². The Kier molecular flexibility index (Phi) is 5.08. The summed E-state index contributed by atoms with van der Waals surface area (Å²) in [5.74, 6) is 1.25. The van der Waals surface area contributed by atoms with Gasteiger partial charge in [0.2, 0.25) is 0 Å². The van der Waals surface area contributed by atoms with Gasteiger partial charge in [0.25, 0.3) is 0 Å². The summed E-state index contributed by atoms with van der Waals surface area (Å²) in [7, 11) is 0. The third kappa shape index (κ3) is 3.21. The van der Waals surface area contributed by atoms with Gasteiger partial charge in [-0.3, -0.25) is 0 Å². The van der Waals surface area contributed by atoms with E-state index in [9.17, 15) is 19.8 Å². The third-order valence-corrected chi connectivity index (χ3v) is 14.6. The molecule has 0 saturated heterocycles. The summed E-state index contributed by atoms with van der Waals surface area (Å²) < 4.78 is 12.9. The number of carbonyl (C=O) groups is 2. The van der Waals surface area contributed by atoms with Crippen LogP contribution in [0.4, 0.5) is 0 Å². The van der Waals surface area contributed by atoms with Crippen LogP contribution in [0.3, 0.4) is 0 Å². The molecule has 254 valence electrons. The zero-order valence-corrected chi connectivity index (χ0v) is 28.3. The van der Waals surface area contributed by atoms with E-state index in [1.807, 2.05) is 0 Å². The predicted octanol–water partition coefficient (Wildman–Crippen LogP) is 8.54. The standard InChI is InChI=1S/C46H34O6/c47-39(48)17-51-45-41-35-15-36(32-12-28-24-9-23(27(28)11-31(32)35)19-5-1-2-6-20(19)24)42(41)46(52-18-40(49)50)44-38-16-37(43(44)45)33-13-29-25-10-26(30(29)14-34(33)38)22-8-4-3-7-21(22)25/h1-8,11-14,23-26,35-38H,9-10,15-18H2,(H,47,48)(H,49,50)/t23-,24?,25?,26-,35-,36+,37+,38?/m1/s1. The molecule has 0 radical (unpaired) electrons. The molecule has 0 aromatic heterocycles. The van der Waals surface area contributed by atoms with Crippen molar-refractivity contribution >= 4 is 11.9 Å². The van der Waals surface area contributed by atoms with Crippen LogP contribution < -0.4 is 9.47 Å². The molecule has 3 unspecified atom stereocenters. The molecule has 6 heteroatoms. The lowest BCUT2D eigenvalue weighted by Gasteiger charge is -2.33. The van der Waals surface area contributed by atoms with Gasteiger partial charge in [0, 0.05) is 69.6 Å². The number of carboxylic acid groups (broad SMARTS) is 2. The van der Waals surface area contributed by atoms with Gasteiger partial charge in [-0.25, -0.2) is 9.59 Å². The highest BCUT2D eigenvalue weighted by Gasteiger charge is 2.55. The number of hydrogen-bond donors (Lipinski definition) is 2. The van der Waals surface area contributed by atoms with Crippen LogP contribution in [0.2, 0.25) is 0 Å². The molecule has 5 aromatic carbocycles. The van der Waals surface area contributed by atoms with E-state index in [-0.39, 0.29) is 23.7 Å². The van der Waals surface area contributed by atoms with Gasteiger partial charge in [-0.05, 0) is 92.4 Å². The minimum absolute atomic E-state index is 0.0433. The Morgan fingerprint density at radius 3 is 0.942 bits per heavy atom. The largest absolute Gasteiger partial charge is 0.481 e. The fraction of sp³-hybridized carbons (Fsp3) is 0.304. The zero-order chi connectivity index (χ0) is 34.3. The second-order valence-electron chi connectivity index (χ2n) is 16.5. The van der Waals surface area contributed by atoms with Crippen LogP contribution in [0.15, 0.2) is 72.8 Å². The van der Waals surface area contributed by atoms with E-state index >= 15 is 0 Å². The van der Waals surface area contributed by atoms with Crippen LogP contribution in [0, 0.1) is 0 Å². The van der Waals surface area contributed by atoms with Crippen molar-refractivity contribution in [2.75, 3.05) is 13.2 Å². The van der Waals surface area contributed by atoms with E-state index < -0.39 is 25.2 Å². The summed E-state index contributed by atoms with van der Waals surface area (Å²) in [5.41, 5.74) is 21.0. The van der Waals surface area contributed by atoms with Gasteiger partial charge in [-0.1, -0.05) is 72.8 Å². The Hall–Kier alpha value is -5.36. The van der Waals surface area contributed by atoms with Gasteiger partial charge in [0.1, 0.15) is 11.5 Å². The average molecular weight is 683 g/mol. The Labute approximate surface area is 300 Å². The van der Waals surface area contributed by atoms with E-state index in [4.69, 9.17) is 9.47 Å². The molecule has 8 aliphatic rings. The lowest BCUT2D eigenvalue weighted by Crippen LogP contribution is -2.20. The zero-order valence-electron chi connectivity index (χ0n) is 28.3. The maximum Gasteiger partial charge on any atom is 0.341 e. The van der Waals surface area contributed by atoms with Crippen LogP contribution in [0.5, 0.6) is 11.5 Å². The van der Waals surface area contributed by atoms with Crippen LogP contribution in [0.1, 0.15) is 162 Å². The maximum atomic E-state index is 12.1. The highest BCUT2D eigenvalue weighted by molar-refractivity contribution is 5.80. The summed E-state index contributed by atoms with van der Waals surface area (Å²) in [5, 5.41) is 19.9. The first-order valence-electron chi connectivity index (χ1n) is 18.9. The molecule has 8 atom stereocenters. The van der Waals surface area contributed by atoms with Gasteiger partial charge >= 0.3 is 11.9 Å². The van der Waals surface area contributed by atoms with Crippen LogP contribution >= 0.6 is 0 Å². The second-order valence-corrected chi connectivity index (χ2v) is 16.5. The first kappa shape index (κ1) is 28.3. The fourth-order valence-electron chi connectivity index (χ4n) is 13.0. The molecule has 0 aliphatic heterocycles. The number of aliphatic carboxylic acids is 2. The van der Waals surface area contributed by atoms with Crippen molar-refractivity contribution in [1.29, 1.82) is 0 Å². The first-order valence-corrected chi connectivity index (χ1v) is 18.9. The molecule has 8 aliphatic carbocycles. The summed E-state index contributed by atoms with van der Waals surface area (Å²) in [6, 6.07) is 27.6. The molecule has 52 heavy (non-hydrogen) atoms. The summed E-state index contributed by atoms with van der Waals surface area (Å²) in [6.45, 7) is -0.837. The Morgan fingerprint density at radius 2 is 0.673 bits per heavy atom. The number of rotatable bonds is 6. The number of carboxylic acids is 2. The van der Waals surface area contributed by atoms with Crippen molar-refractivity contribution in [2.24, 2.45) is 0 Å². The quantitative estimate of drug-likeness (QED) is 0.187. The molecule has 0 heterocycles. The van der Waals surface area contributed by atoms with E-state index in [1.54, 1.807) is 0 Å². The molecule has 0 amide bonds. The summed E-state index contributed by atoms with van der Waals surface area (Å²) >= 11 is 0. The lowest BCUT2D eigenvalue weighted by atomic mass is 9.74. The minimum atomic E-state index is -0.999. The van der Waals surface area contributed by atoms with Crippen molar-refractivity contribution in [3.63, 3.8) is 0 Å². The van der Waals surface area contributed by atoms with Crippen LogP contribution in [-0.2, 0) is 9.59 Å². The normalized spacial score (nSPS) is 28.2. The smallest absolute Gasteiger partial charge is 0.341 e. The number of ether oxygens (including phenoxy) is 2. The monoisotopic (exact) mass is 682 g/mol. The Balaban J connectivity index is 1.01. The SMILES string of the molecule is O=C(O)COc1c2c(c(OCC(=O)O)c3c1[C@@H]1C[C@H]3c3cc4c(cc31)[C@@H]1CC4c3ccccc31)C1C[C@H]2c2cc3c(cc21)[C@@H]1CC3c2ccccc21. The van der Waals surface area contributed by atoms with Crippen molar-refractivity contribution in [3.05, 3.63) is 162 Å². The maximum absolute atomic E-state index is 12.1. The van der Waals surface area contributed by atoms with Crippen LogP contribution in [0.25, 0.3) is 0 Å². The lowest BCUT2D eigenvalue weighted by molar-refractivity contribution is -0.140. The molecule has 6 nitrogen and oxygen atoms in total. The van der Waals surface area contributed by atoms with Gasteiger partial charge < -0.3 is 19.7 Å². The van der Waals surface area contributed by atoms with Crippen molar-refractivity contribution < 1.29 is 29.3 Å². The summed E-state index contributed by atoms with van der Waals surface area (Å²) in [4.78, 5) is 24.2. The van der Waals surface area contributed by atoms with Gasteiger partial charge in [0.15, 0.2) is 13.2 Å². The average Bonchev–Trinajstić information content (AvgIpc) is 4.02. The summed E-state index contributed by atoms with van der Waals surface area (Å²) in [6.07, 6.45) is 3.96. The van der Waals surface area contributed by atoms with Gasteiger partial charge in [0.05, 0.1) is 0 Å². The van der Waals surface area contributed by atoms with Gasteiger partial charge in [-0.2, -0.15) is 0 Å². The molecule has 0 spiro atoms. The van der Waals surface area contributed by atoms with E-state index in [0.29, 0.717) is 35.2 Å². The highest BCUT2D eigenvalue weighted by atomic mass is 16.5. The fourth-order valence-corrected chi connectivity index (χ4v) is 13.0. The molecule has 2 N–H and O–H groups in total. The number of benzene rings is 5. The molecular weight excluding hydrogens is 649 g/mol. The minimum Gasteiger partial charge on any atom is -0.481 e. The molecule has 8 bridgehead atoms. The second kappa shape index (κ2) is 9.35. The van der Waals surface area contributed by atoms with E-state index in [0.717, 1.165) is 47.9 Å². The number of fused-ring (bicyclic) bond motifs is 32. The van der Waals surface area contributed by atoms with E-state index in [2.05, 4.69) is 72.8 Å². The molecule has 5 aromatic rings. The van der Waals surface area contributed by atoms with Gasteiger partial charge in [-0.15, -0.1) is 0 Å². The van der Waals surface area contributed by atoms with Crippen molar-refractivity contribution in [2.45, 2.75) is 73.0 Å².